The van der Waals surface area contributed by atoms with E-state index in [1.54, 1.807) is 6.92 Å². The van der Waals surface area contributed by atoms with Crippen LogP contribution >= 0.6 is 0 Å². The first kappa shape index (κ1) is 11.0. The predicted octanol–water partition coefficient (Wildman–Crippen LogP) is 1.76. The molecule has 1 aromatic carbocycles. The Kier molecular flexibility index (Phi) is 2.11. The molecule has 1 aromatic rings. The van der Waals surface area contributed by atoms with Crippen LogP contribution < -0.4 is 5.43 Å². The molecule has 98 valence electrons. The lowest BCUT2D eigenvalue weighted by Gasteiger charge is -2.08. The van der Waals surface area contributed by atoms with Crippen molar-refractivity contribution < 1.29 is 4.79 Å². The summed E-state index contributed by atoms with van der Waals surface area (Å²) >= 11 is 0. The largest absolute Gasteiger partial charge is 0.272 e. The minimum absolute atomic E-state index is 0.161. The fraction of sp³-hybridized carbons (Fsp3) is 0.154. The Labute approximate surface area is 113 Å². The maximum Gasteiger partial charge on any atom is 0.255 e. The Hall–Kier alpha value is -2.83. The average Bonchev–Trinajstić information content (AvgIpc) is 2.74. The lowest BCUT2D eigenvalue weighted by atomic mass is 10.2. The second-order valence-corrected chi connectivity index (χ2v) is 4.68. The molecule has 3 aliphatic heterocycles. The van der Waals surface area contributed by atoms with E-state index in [0.29, 0.717) is 23.2 Å². The number of fused-ring (bicyclic) bond motifs is 4. The van der Waals surface area contributed by atoms with Crippen molar-refractivity contribution in [1.29, 1.82) is 0 Å². The Morgan fingerprint density at radius 3 is 3.00 bits per heavy atom. The van der Waals surface area contributed by atoms with Crippen molar-refractivity contribution in [3.8, 4) is 11.5 Å². The van der Waals surface area contributed by atoms with Crippen molar-refractivity contribution in [2.45, 2.75) is 13.3 Å². The van der Waals surface area contributed by atoms with Crippen LogP contribution in [0, 0.1) is 0 Å². The molecule has 0 unspecified atom stereocenters. The summed E-state index contributed by atoms with van der Waals surface area (Å²) in [6.45, 7) is 1.78. The molecule has 0 saturated carbocycles. The van der Waals surface area contributed by atoms with Crippen LogP contribution in [-0.4, -0.2) is 31.4 Å². The fourth-order valence-corrected chi connectivity index (χ4v) is 2.26. The number of carbonyl (C=O) groups excluding carboxylic acids is 1. The highest BCUT2D eigenvalue weighted by Crippen LogP contribution is 2.28. The lowest BCUT2D eigenvalue weighted by molar-refractivity contribution is 0.0908. The number of nitrogens with one attached hydrogen (secondary N) is 1. The first-order chi connectivity index (χ1) is 9.72. The van der Waals surface area contributed by atoms with Crippen LogP contribution in [0.15, 0.2) is 29.4 Å². The van der Waals surface area contributed by atoms with Crippen molar-refractivity contribution in [2.75, 3.05) is 5.43 Å². The zero-order chi connectivity index (χ0) is 13.7. The summed E-state index contributed by atoms with van der Waals surface area (Å²) in [6.07, 6.45) is 0.219. The van der Waals surface area contributed by atoms with E-state index in [1.165, 1.54) is 4.68 Å². The monoisotopic (exact) mass is 266 g/mol. The van der Waals surface area contributed by atoms with Crippen LogP contribution in [0.2, 0.25) is 0 Å². The second-order valence-electron chi connectivity index (χ2n) is 4.68. The number of aromatic nitrogens is 4. The molecular formula is C13H10N6O. The van der Waals surface area contributed by atoms with E-state index in [-0.39, 0.29) is 12.3 Å². The molecule has 0 fully saturated rings. The minimum atomic E-state index is -0.161. The van der Waals surface area contributed by atoms with E-state index >= 15 is 0 Å². The molecule has 4 rings (SSSR count). The van der Waals surface area contributed by atoms with Crippen molar-refractivity contribution in [2.24, 2.45) is 5.10 Å². The summed E-state index contributed by atoms with van der Waals surface area (Å²) in [5.74, 6) is 0.639. The van der Waals surface area contributed by atoms with Gasteiger partial charge in [-0.25, -0.2) is 10.4 Å². The molecule has 0 amide bonds. The zero-order valence-electron chi connectivity index (χ0n) is 10.7. The summed E-state index contributed by atoms with van der Waals surface area (Å²) in [5, 5.41) is 9.35. The quantitative estimate of drug-likeness (QED) is 0.670. The number of hydrogen-bond acceptors (Lipinski definition) is 6. The number of hydrazone groups is 1. The Bertz CT molecular complexity index is 849. The molecule has 3 heterocycles. The van der Waals surface area contributed by atoms with Gasteiger partial charge in [-0.15, -0.1) is 0 Å². The summed E-state index contributed by atoms with van der Waals surface area (Å²) in [7, 11) is 0. The van der Waals surface area contributed by atoms with Gasteiger partial charge in [0, 0.05) is 11.1 Å². The van der Waals surface area contributed by atoms with Crippen LogP contribution in [0.4, 0.5) is 5.95 Å². The smallest absolute Gasteiger partial charge is 0.255 e. The van der Waals surface area contributed by atoms with Gasteiger partial charge >= 0.3 is 0 Å². The number of anilines is 1. The number of nitrogens with zero attached hydrogens (tertiary/aromatic N) is 5. The van der Waals surface area contributed by atoms with Crippen molar-refractivity contribution >= 4 is 28.5 Å². The summed E-state index contributed by atoms with van der Waals surface area (Å²) in [4.78, 5) is 20.9. The maximum absolute atomic E-state index is 12.1. The van der Waals surface area contributed by atoms with Gasteiger partial charge in [0.25, 0.3) is 5.91 Å². The van der Waals surface area contributed by atoms with Gasteiger partial charge in [0.05, 0.1) is 11.9 Å². The minimum Gasteiger partial charge on any atom is -0.272 e. The third-order valence-corrected chi connectivity index (χ3v) is 3.20. The molecule has 7 nitrogen and oxygen atoms in total. The Balaban J connectivity index is 2.03. The van der Waals surface area contributed by atoms with E-state index < -0.39 is 0 Å². The number of rotatable bonds is 0. The van der Waals surface area contributed by atoms with Crippen LogP contribution in [0.5, 0.6) is 0 Å². The second kappa shape index (κ2) is 3.83. The topological polar surface area (TPSA) is 85.1 Å². The van der Waals surface area contributed by atoms with E-state index in [0.717, 1.165) is 10.9 Å². The van der Waals surface area contributed by atoms with Gasteiger partial charge in [-0.05, 0) is 13.0 Å². The van der Waals surface area contributed by atoms with Crippen LogP contribution in [0.1, 0.15) is 18.1 Å². The summed E-state index contributed by atoms with van der Waals surface area (Å²) in [5.41, 5.74) is 4.89. The summed E-state index contributed by atoms with van der Waals surface area (Å²) in [6, 6.07) is 7.63. The molecule has 0 atom stereocenters. The van der Waals surface area contributed by atoms with Gasteiger partial charge in [-0.3, -0.25) is 4.79 Å². The number of para-hydroxylation sites is 1. The molecule has 0 aromatic heterocycles. The third-order valence-electron chi connectivity index (χ3n) is 3.20. The molecule has 7 heteroatoms. The van der Waals surface area contributed by atoms with Gasteiger partial charge < -0.3 is 0 Å². The van der Waals surface area contributed by atoms with Gasteiger partial charge in [-0.1, -0.05) is 18.2 Å². The highest BCUT2D eigenvalue weighted by atomic mass is 16.2. The number of carbonyl (C=O) groups is 1. The molecule has 1 N–H and O–H groups in total. The van der Waals surface area contributed by atoms with Crippen molar-refractivity contribution in [3.05, 3.63) is 24.3 Å². The fourth-order valence-electron chi connectivity index (χ4n) is 2.26. The van der Waals surface area contributed by atoms with Gasteiger partial charge in [-0.2, -0.15) is 19.9 Å². The van der Waals surface area contributed by atoms with Crippen molar-refractivity contribution in [3.63, 3.8) is 0 Å². The van der Waals surface area contributed by atoms with Gasteiger partial charge in [0.15, 0.2) is 5.82 Å². The van der Waals surface area contributed by atoms with E-state index in [1.807, 2.05) is 24.3 Å². The highest BCUT2D eigenvalue weighted by molar-refractivity contribution is 6.03. The van der Waals surface area contributed by atoms with Crippen LogP contribution in [-0.2, 0) is 0 Å². The molecule has 0 aliphatic carbocycles. The van der Waals surface area contributed by atoms with Gasteiger partial charge in [0.2, 0.25) is 5.95 Å². The molecule has 0 bridgehead atoms. The maximum atomic E-state index is 12.1. The van der Waals surface area contributed by atoms with Crippen molar-refractivity contribution in [1.82, 2.24) is 19.7 Å². The van der Waals surface area contributed by atoms with E-state index in [2.05, 4.69) is 25.6 Å². The normalized spacial score (nSPS) is 14.8. The Morgan fingerprint density at radius 1 is 1.25 bits per heavy atom. The number of hydrogen-bond donors (Lipinski definition) is 1. The summed E-state index contributed by atoms with van der Waals surface area (Å²) < 4.78 is 1.26. The highest BCUT2D eigenvalue weighted by Gasteiger charge is 2.23. The zero-order valence-corrected chi connectivity index (χ0v) is 10.7. The van der Waals surface area contributed by atoms with E-state index in [4.69, 9.17) is 0 Å². The van der Waals surface area contributed by atoms with Gasteiger partial charge in [0.1, 0.15) is 5.69 Å². The molecule has 0 spiro atoms. The van der Waals surface area contributed by atoms with Crippen LogP contribution in [0.3, 0.4) is 0 Å². The molecular weight excluding hydrogens is 256 g/mol. The molecule has 20 heavy (non-hydrogen) atoms. The first-order valence-corrected chi connectivity index (χ1v) is 6.20. The third kappa shape index (κ3) is 1.49. The first-order valence-electron chi connectivity index (χ1n) is 6.20. The predicted molar refractivity (Wildman–Crippen MR) is 73.9 cm³/mol. The average molecular weight is 266 g/mol. The Morgan fingerprint density at radius 2 is 2.10 bits per heavy atom. The lowest BCUT2D eigenvalue weighted by Crippen LogP contribution is -2.19. The SMILES string of the molecule is CC1=NNc2nc3nc4ccccc4c-3nn2C(=O)C1. The molecule has 0 radical (unpaired) electrons. The number of benzene rings is 1. The molecule has 0 saturated heterocycles. The van der Waals surface area contributed by atoms with Crippen LogP contribution in [0.25, 0.3) is 22.4 Å². The standard InChI is InChI=1S/C13H10N6O/c1-7-6-10(20)19-13(17-16-7)15-12-11(18-19)8-4-2-3-5-9(8)14-12/h2-5H,6H2,1H3,(H,14,15,17). The molecule has 3 aliphatic rings. The van der Waals surface area contributed by atoms with E-state index in [9.17, 15) is 4.79 Å².